The SMILES string of the molecule is CN(C)C(=O)Oc1cc2oc(=O)c(Cc3cccc(N)c3Cl)c(CN3CCNCC3)c2cc1F. The predicted molar refractivity (Wildman–Crippen MR) is 129 cm³/mol. The highest BCUT2D eigenvalue weighted by Gasteiger charge is 2.22. The van der Waals surface area contributed by atoms with Gasteiger partial charge in [0.05, 0.1) is 10.7 Å². The van der Waals surface area contributed by atoms with Crippen molar-refractivity contribution in [2.24, 2.45) is 0 Å². The second-order valence-electron chi connectivity index (χ2n) is 8.41. The van der Waals surface area contributed by atoms with Crippen LogP contribution >= 0.6 is 11.6 Å². The Morgan fingerprint density at radius 1 is 1.26 bits per heavy atom. The minimum atomic E-state index is -0.741. The van der Waals surface area contributed by atoms with E-state index in [0.717, 1.165) is 26.2 Å². The summed E-state index contributed by atoms with van der Waals surface area (Å²) in [5, 5.41) is 4.10. The monoisotopic (exact) mass is 488 g/mol. The molecule has 3 aromatic rings. The van der Waals surface area contributed by atoms with Gasteiger partial charge in [0.2, 0.25) is 0 Å². The molecule has 1 saturated heterocycles. The number of nitrogens with zero attached hydrogens (tertiary/aromatic N) is 2. The summed E-state index contributed by atoms with van der Waals surface area (Å²) in [6, 6.07) is 7.73. The van der Waals surface area contributed by atoms with Crippen molar-refractivity contribution in [2.45, 2.75) is 13.0 Å². The van der Waals surface area contributed by atoms with E-state index in [1.165, 1.54) is 31.1 Å². The Bertz CT molecular complexity index is 1290. The van der Waals surface area contributed by atoms with Gasteiger partial charge < -0.3 is 25.1 Å². The lowest BCUT2D eigenvalue weighted by atomic mass is 9.97. The molecular formula is C24H26ClFN4O4. The molecule has 180 valence electrons. The first-order valence-corrected chi connectivity index (χ1v) is 11.3. The molecule has 0 unspecified atom stereocenters. The number of ether oxygens (including phenoxy) is 1. The van der Waals surface area contributed by atoms with E-state index in [4.69, 9.17) is 26.5 Å². The van der Waals surface area contributed by atoms with Gasteiger partial charge in [0.15, 0.2) is 11.6 Å². The van der Waals surface area contributed by atoms with Gasteiger partial charge >= 0.3 is 11.7 Å². The highest BCUT2D eigenvalue weighted by Crippen LogP contribution is 2.31. The number of nitrogens with two attached hydrogens (primary N) is 1. The molecule has 4 rings (SSSR count). The zero-order valence-corrected chi connectivity index (χ0v) is 19.7. The number of nitrogens with one attached hydrogen (secondary N) is 1. The molecule has 34 heavy (non-hydrogen) atoms. The fourth-order valence-corrected chi connectivity index (χ4v) is 4.14. The summed E-state index contributed by atoms with van der Waals surface area (Å²) in [4.78, 5) is 28.4. The molecule has 10 heteroatoms. The van der Waals surface area contributed by atoms with Crippen molar-refractivity contribution < 1.29 is 18.3 Å². The number of fused-ring (bicyclic) bond motifs is 1. The van der Waals surface area contributed by atoms with Gasteiger partial charge in [-0.25, -0.2) is 14.0 Å². The summed E-state index contributed by atoms with van der Waals surface area (Å²) in [7, 11) is 2.97. The number of hydrogen-bond donors (Lipinski definition) is 2. The van der Waals surface area contributed by atoms with Crippen LogP contribution in [0.5, 0.6) is 5.75 Å². The number of hydrogen-bond acceptors (Lipinski definition) is 7. The number of piperazine rings is 1. The maximum absolute atomic E-state index is 15.0. The van der Waals surface area contributed by atoms with Crippen LogP contribution < -0.4 is 21.4 Å². The van der Waals surface area contributed by atoms with E-state index >= 15 is 4.39 Å². The molecule has 0 aliphatic carbocycles. The smallest absolute Gasteiger partial charge is 0.414 e. The Balaban J connectivity index is 1.85. The summed E-state index contributed by atoms with van der Waals surface area (Å²) in [5.41, 5.74) is 7.64. The van der Waals surface area contributed by atoms with Gasteiger partial charge in [0, 0.05) is 70.3 Å². The molecule has 0 bridgehead atoms. The molecule has 0 radical (unpaired) electrons. The van der Waals surface area contributed by atoms with Crippen LogP contribution in [0, 0.1) is 5.82 Å². The third-order valence-electron chi connectivity index (χ3n) is 5.80. The van der Waals surface area contributed by atoms with E-state index < -0.39 is 17.5 Å². The van der Waals surface area contributed by atoms with E-state index in [1.807, 2.05) is 0 Å². The number of benzene rings is 2. The van der Waals surface area contributed by atoms with E-state index in [9.17, 15) is 9.59 Å². The third kappa shape index (κ3) is 5.01. The Morgan fingerprint density at radius 3 is 2.71 bits per heavy atom. The Kier molecular flexibility index (Phi) is 7.06. The second-order valence-corrected chi connectivity index (χ2v) is 8.79. The normalized spacial score (nSPS) is 14.4. The van der Waals surface area contributed by atoms with Crippen LogP contribution in [-0.4, -0.2) is 56.2 Å². The zero-order chi connectivity index (χ0) is 24.4. The number of carbonyl (C=O) groups is 1. The molecule has 2 aromatic carbocycles. The Labute approximate surface area is 201 Å². The van der Waals surface area contributed by atoms with E-state index in [1.54, 1.807) is 18.2 Å². The van der Waals surface area contributed by atoms with Crippen LogP contribution in [0.1, 0.15) is 16.7 Å². The lowest BCUT2D eigenvalue weighted by Crippen LogP contribution is -2.43. The van der Waals surface area contributed by atoms with Crippen molar-refractivity contribution in [1.82, 2.24) is 15.1 Å². The molecule has 0 spiro atoms. The summed E-state index contributed by atoms with van der Waals surface area (Å²) in [6.45, 7) is 3.61. The van der Waals surface area contributed by atoms with Gasteiger partial charge in [-0.15, -0.1) is 0 Å². The van der Waals surface area contributed by atoms with Gasteiger partial charge in [0.1, 0.15) is 5.58 Å². The molecule has 1 amide bonds. The maximum Gasteiger partial charge on any atom is 0.414 e. The van der Waals surface area contributed by atoms with E-state index in [-0.39, 0.29) is 17.8 Å². The van der Waals surface area contributed by atoms with Crippen molar-refractivity contribution in [1.29, 1.82) is 0 Å². The fraction of sp³-hybridized carbons (Fsp3) is 0.333. The van der Waals surface area contributed by atoms with Crippen molar-refractivity contribution >= 4 is 34.4 Å². The first-order valence-electron chi connectivity index (χ1n) is 10.9. The molecule has 3 N–H and O–H groups in total. The number of halogens is 2. The fourth-order valence-electron chi connectivity index (χ4n) is 3.94. The van der Waals surface area contributed by atoms with E-state index in [0.29, 0.717) is 39.3 Å². The first-order chi connectivity index (χ1) is 16.2. The van der Waals surface area contributed by atoms with Crippen LogP contribution in [-0.2, 0) is 13.0 Å². The minimum absolute atomic E-state index is 0.139. The molecule has 8 nitrogen and oxygen atoms in total. The Hall–Kier alpha value is -3.14. The van der Waals surface area contributed by atoms with Crippen molar-refractivity contribution in [3.63, 3.8) is 0 Å². The van der Waals surface area contributed by atoms with E-state index in [2.05, 4.69) is 10.2 Å². The minimum Gasteiger partial charge on any atom is -0.422 e. The molecule has 0 atom stereocenters. The molecule has 0 saturated carbocycles. The second kappa shape index (κ2) is 10.0. The summed E-state index contributed by atoms with van der Waals surface area (Å²) in [5.74, 6) is -1.04. The number of amides is 1. The number of rotatable bonds is 5. The van der Waals surface area contributed by atoms with Crippen LogP contribution in [0.3, 0.4) is 0 Å². The largest absolute Gasteiger partial charge is 0.422 e. The summed E-state index contributed by atoms with van der Waals surface area (Å²) >= 11 is 6.39. The van der Waals surface area contributed by atoms with Gasteiger partial charge in [-0.05, 0) is 23.3 Å². The van der Waals surface area contributed by atoms with Gasteiger partial charge in [-0.3, -0.25) is 4.90 Å². The lowest BCUT2D eigenvalue weighted by Gasteiger charge is -2.28. The zero-order valence-electron chi connectivity index (χ0n) is 19.0. The van der Waals surface area contributed by atoms with Gasteiger partial charge in [-0.2, -0.15) is 0 Å². The van der Waals surface area contributed by atoms with Crippen LogP contribution in [0.15, 0.2) is 39.5 Å². The number of carbonyl (C=O) groups excluding carboxylic acids is 1. The van der Waals surface area contributed by atoms with Gasteiger partial charge in [0.25, 0.3) is 0 Å². The summed E-state index contributed by atoms with van der Waals surface area (Å²) in [6.07, 6.45) is -0.558. The molecule has 1 aromatic heterocycles. The standard InChI is InChI=1S/C24H26ClFN4O4/c1-29(2)24(32)34-21-12-20-15(11-18(21)26)17(13-30-8-6-28-7-9-30)16(23(31)33-20)10-14-4-3-5-19(27)22(14)25/h3-5,11-12,28H,6-10,13,27H2,1-2H3. The highest BCUT2D eigenvalue weighted by atomic mass is 35.5. The van der Waals surface area contributed by atoms with Crippen molar-refractivity contribution in [2.75, 3.05) is 46.0 Å². The van der Waals surface area contributed by atoms with Crippen LogP contribution in [0.25, 0.3) is 11.0 Å². The quantitative estimate of drug-likeness (QED) is 0.420. The predicted octanol–water partition coefficient (Wildman–Crippen LogP) is 3.22. The number of anilines is 1. The molecule has 2 heterocycles. The topological polar surface area (TPSA) is 101 Å². The lowest BCUT2D eigenvalue weighted by molar-refractivity contribution is 0.170. The van der Waals surface area contributed by atoms with Crippen molar-refractivity contribution in [3.8, 4) is 5.75 Å². The highest BCUT2D eigenvalue weighted by molar-refractivity contribution is 6.33. The Morgan fingerprint density at radius 2 is 2.00 bits per heavy atom. The molecule has 1 aliphatic rings. The average Bonchev–Trinajstić information content (AvgIpc) is 2.80. The summed E-state index contributed by atoms with van der Waals surface area (Å²) < 4.78 is 25.7. The maximum atomic E-state index is 15.0. The van der Waals surface area contributed by atoms with Crippen LogP contribution in [0.2, 0.25) is 5.02 Å². The average molecular weight is 489 g/mol. The number of nitrogen functional groups attached to an aromatic ring is 1. The van der Waals surface area contributed by atoms with Crippen molar-refractivity contribution in [3.05, 3.63) is 68.3 Å². The molecule has 1 aliphatic heterocycles. The van der Waals surface area contributed by atoms with Crippen LogP contribution in [0.4, 0.5) is 14.9 Å². The van der Waals surface area contributed by atoms with Gasteiger partial charge in [-0.1, -0.05) is 23.7 Å². The molecule has 1 fully saturated rings. The third-order valence-corrected chi connectivity index (χ3v) is 6.26. The molecular weight excluding hydrogens is 463 g/mol. The first kappa shape index (κ1) is 24.0.